The number of nitrogens with zero attached hydrogens (tertiary/aromatic N) is 1. The predicted molar refractivity (Wildman–Crippen MR) is 85.3 cm³/mol. The smallest absolute Gasteiger partial charge is 0.162 e. The van der Waals surface area contributed by atoms with Crippen LogP contribution in [0.15, 0.2) is 60.4 Å². The molecule has 0 unspecified atom stereocenters. The normalized spacial score (nSPS) is 12.4. The molecule has 2 rings (SSSR count). The Kier molecular flexibility index (Phi) is 4.35. The summed E-state index contributed by atoms with van der Waals surface area (Å²) in [7, 11) is 0. The molecule has 0 atom stereocenters. The maximum absolute atomic E-state index is 9.49. The Morgan fingerprint density at radius 2 is 2.21 bits per heavy atom. The minimum Gasteiger partial charge on any atom is -0.508 e. The minimum absolute atomic E-state index is 0.204. The molecule has 0 aliphatic carbocycles. The molecule has 0 saturated carbocycles. The summed E-state index contributed by atoms with van der Waals surface area (Å²) in [5, 5.41) is 9.49. The largest absolute Gasteiger partial charge is 0.508 e. The first-order valence-electron chi connectivity index (χ1n) is 5.89. The maximum atomic E-state index is 9.49. The number of hydrogen-bond acceptors (Lipinski definition) is 3. The topological polar surface area (TPSA) is 25.2 Å². The van der Waals surface area contributed by atoms with E-state index in [0.717, 1.165) is 9.47 Å². The lowest BCUT2D eigenvalue weighted by Crippen LogP contribution is -1.93. The van der Waals surface area contributed by atoms with E-state index < -0.39 is 0 Å². The van der Waals surface area contributed by atoms with E-state index in [1.807, 2.05) is 24.3 Å². The number of hydrogen-bond donors (Lipinski definition) is 1. The summed E-state index contributed by atoms with van der Waals surface area (Å²) in [4.78, 5) is 0. The Labute approximate surface area is 121 Å². The van der Waals surface area contributed by atoms with Gasteiger partial charge in [-0.1, -0.05) is 30.9 Å². The molecule has 0 radical (unpaired) electrons. The summed E-state index contributed by atoms with van der Waals surface area (Å²) < 4.78 is 4.14. The van der Waals surface area contributed by atoms with Crippen LogP contribution in [0.1, 0.15) is 6.92 Å². The molecule has 2 nitrogen and oxygen atoms in total. The lowest BCUT2D eigenvalue weighted by Gasteiger charge is -1.99. The van der Waals surface area contributed by atoms with E-state index in [1.54, 1.807) is 24.3 Å². The zero-order valence-electron chi connectivity index (χ0n) is 10.7. The van der Waals surface area contributed by atoms with Gasteiger partial charge in [0, 0.05) is 6.54 Å². The molecule has 1 heterocycles. The van der Waals surface area contributed by atoms with Crippen molar-refractivity contribution in [2.45, 2.75) is 13.5 Å². The standard InChI is InChI=1S/C15H15NOS2/c1-11(2)13(17)8-5-6-10-16-12-7-3-4-9-14(12)19-15(16)18/h3-9,17H,1,10H2,2H3/b6-5+,13-8+. The summed E-state index contributed by atoms with van der Waals surface area (Å²) in [5.74, 6) is 0.204. The molecule has 4 heteroatoms. The highest BCUT2D eigenvalue weighted by molar-refractivity contribution is 7.73. The van der Waals surface area contributed by atoms with E-state index in [-0.39, 0.29) is 5.76 Å². The van der Waals surface area contributed by atoms with E-state index in [1.165, 1.54) is 4.70 Å². The Bertz CT molecular complexity index is 719. The van der Waals surface area contributed by atoms with E-state index in [2.05, 4.69) is 23.3 Å². The second kappa shape index (κ2) is 5.99. The third kappa shape index (κ3) is 3.22. The highest BCUT2D eigenvalue weighted by atomic mass is 32.1. The van der Waals surface area contributed by atoms with Crippen molar-refractivity contribution in [1.29, 1.82) is 0 Å². The number of para-hydroxylation sites is 1. The number of thiazole rings is 1. The minimum atomic E-state index is 0.204. The number of aliphatic hydroxyl groups excluding tert-OH is 1. The Morgan fingerprint density at radius 3 is 2.95 bits per heavy atom. The van der Waals surface area contributed by atoms with Crippen LogP contribution in [0, 0.1) is 3.95 Å². The quantitative estimate of drug-likeness (QED) is 0.486. The van der Waals surface area contributed by atoms with Crippen molar-refractivity contribution in [3.05, 3.63) is 64.4 Å². The second-order valence-corrected chi connectivity index (χ2v) is 5.88. The predicted octanol–water partition coefficient (Wildman–Crippen LogP) is 5.01. The SMILES string of the molecule is C=C(C)/C(O)=C\C=C\Cn1c(=S)sc2ccccc21. The van der Waals surface area contributed by atoms with Gasteiger partial charge in [-0.05, 0) is 42.9 Å². The summed E-state index contributed by atoms with van der Waals surface area (Å²) in [5.41, 5.74) is 1.80. The lowest BCUT2D eigenvalue weighted by molar-refractivity contribution is 0.424. The van der Waals surface area contributed by atoms with Crippen molar-refractivity contribution in [2.75, 3.05) is 0 Å². The summed E-state index contributed by atoms with van der Waals surface area (Å²) in [6, 6.07) is 8.16. The summed E-state index contributed by atoms with van der Waals surface area (Å²) in [6.45, 7) is 6.13. The monoisotopic (exact) mass is 289 g/mol. The Hall–Kier alpha value is -1.65. The molecule has 0 aliphatic rings. The first kappa shape index (κ1) is 13.8. The Morgan fingerprint density at radius 1 is 1.47 bits per heavy atom. The highest BCUT2D eigenvalue weighted by Crippen LogP contribution is 2.22. The van der Waals surface area contributed by atoms with Gasteiger partial charge in [0.15, 0.2) is 3.95 Å². The molecule has 0 aliphatic heterocycles. The van der Waals surface area contributed by atoms with Gasteiger partial charge >= 0.3 is 0 Å². The molecule has 98 valence electrons. The van der Waals surface area contributed by atoms with Crippen LogP contribution in [-0.4, -0.2) is 9.67 Å². The highest BCUT2D eigenvalue weighted by Gasteiger charge is 2.01. The van der Waals surface area contributed by atoms with Crippen LogP contribution in [0.5, 0.6) is 0 Å². The fourth-order valence-electron chi connectivity index (χ4n) is 1.65. The van der Waals surface area contributed by atoms with Crippen LogP contribution in [0.4, 0.5) is 0 Å². The molecular weight excluding hydrogens is 274 g/mol. The molecule has 1 aromatic carbocycles. The van der Waals surface area contributed by atoms with Gasteiger partial charge in [0.1, 0.15) is 5.76 Å². The number of allylic oxidation sites excluding steroid dienone is 4. The van der Waals surface area contributed by atoms with E-state index in [9.17, 15) is 5.11 Å². The van der Waals surface area contributed by atoms with E-state index in [0.29, 0.717) is 12.1 Å². The third-order valence-electron chi connectivity index (χ3n) is 2.69. The third-order valence-corrected chi connectivity index (χ3v) is 4.12. The van der Waals surface area contributed by atoms with Gasteiger partial charge in [-0.3, -0.25) is 0 Å². The first-order chi connectivity index (χ1) is 9.09. The van der Waals surface area contributed by atoms with Gasteiger partial charge in [-0.2, -0.15) is 0 Å². The number of aromatic nitrogens is 1. The van der Waals surface area contributed by atoms with Crippen molar-refractivity contribution in [3.63, 3.8) is 0 Å². The van der Waals surface area contributed by atoms with Crippen LogP contribution < -0.4 is 0 Å². The second-order valence-electron chi connectivity index (χ2n) is 4.21. The zero-order chi connectivity index (χ0) is 13.8. The molecule has 2 aromatic rings. The van der Waals surface area contributed by atoms with Crippen molar-refractivity contribution in [2.24, 2.45) is 0 Å². The lowest BCUT2D eigenvalue weighted by atomic mass is 10.2. The van der Waals surface area contributed by atoms with Crippen molar-refractivity contribution in [3.8, 4) is 0 Å². The molecule has 19 heavy (non-hydrogen) atoms. The van der Waals surface area contributed by atoms with E-state index >= 15 is 0 Å². The number of fused-ring (bicyclic) bond motifs is 1. The number of rotatable bonds is 4. The Balaban J connectivity index is 2.21. The molecule has 0 fully saturated rings. The maximum Gasteiger partial charge on any atom is 0.162 e. The van der Waals surface area contributed by atoms with Gasteiger partial charge in [-0.25, -0.2) is 0 Å². The first-order valence-corrected chi connectivity index (χ1v) is 7.12. The average molecular weight is 289 g/mol. The van der Waals surface area contributed by atoms with Crippen LogP contribution in [0.25, 0.3) is 10.2 Å². The van der Waals surface area contributed by atoms with E-state index in [4.69, 9.17) is 12.2 Å². The van der Waals surface area contributed by atoms with Gasteiger partial charge in [0.2, 0.25) is 0 Å². The van der Waals surface area contributed by atoms with Gasteiger partial charge in [0.25, 0.3) is 0 Å². The molecule has 1 aromatic heterocycles. The van der Waals surface area contributed by atoms with Gasteiger partial charge in [0.05, 0.1) is 10.2 Å². The van der Waals surface area contributed by atoms with Crippen LogP contribution in [-0.2, 0) is 6.54 Å². The molecule has 1 N–H and O–H groups in total. The van der Waals surface area contributed by atoms with Crippen LogP contribution in [0.3, 0.4) is 0 Å². The van der Waals surface area contributed by atoms with Crippen molar-refractivity contribution >= 4 is 33.8 Å². The molecular formula is C15H15NOS2. The molecule has 0 bridgehead atoms. The van der Waals surface area contributed by atoms with Crippen molar-refractivity contribution in [1.82, 2.24) is 4.57 Å². The zero-order valence-corrected chi connectivity index (χ0v) is 12.3. The number of benzene rings is 1. The number of aliphatic hydroxyl groups is 1. The average Bonchev–Trinajstić information content (AvgIpc) is 2.70. The van der Waals surface area contributed by atoms with Gasteiger partial charge < -0.3 is 9.67 Å². The molecule has 0 saturated heterocycles. The fourth-order valence-corrected chi connectivity index (χ4v) is 3.00. The van der Waals surface area contributed by atoms with Gasteiger partial charge in [-0.15, -0.1) is 11.3 Å². The summed E-state index contributed by atoms with van der Waals surface area (Å²) in [6.07, 6.45) is 5.42. The molecule has 0 spiro atoms. The fraction of sp³-hybridized carbons (Fsp3) is 0.133. The molecule has 0 amide bonds. The van der Waals surface area contributed by atoms with Crippen LogP contribution >= 0.6 is 23.6 Å². The van der Waals surface area contributed by atoms with Crippen molar-refractivity contribution < 1.29 is 5.11 Å². The van der Waals surface area contributed by atoms with Crippen LogP contribution in [0.2, 0.25) is 0 Å². The summed E-state index contributed by atoms with van der Waals surface area (Å²) >= 11 is 6.98.